The molecule has 5 aromatic rings. The van der Waals surface area contributed by atoms with Crippen molar-refractivity contribution in [3.8, 4) is 11.1 Å². The lowest BCUT2D eigenvalue weighted by molar-refractivity contribution is 0.0919. The van der Waals surface area contributed by atoms with E-state index in [1.165, 1.54) is 0 Å². The fourth-order valence-corrected chi connectivity index (χ4v) is 4.58. The molecule has 0 aliphatic rings. The molecule has 0 aliphatic heterocycles. The van der Waals surface area contributed by atoms with Crippen molar-refractivity contribution in [2.75, 3.05) is 5.73 Å². The summed E-state index contributed by atoms with van der Waals surface area (Å²) in [6.45, 7) is 0. The number of carbonyl (C=O) groups is 1. The summed E-state index contributed by atoms with van der Waals surface area (Å²) in [5.74, 6) is 0.604. The monoisotopic (exact) mass is 383 g/mol. The average Bonchev–Trinajstić information content (AvgIpc) is 3.33. The molecule has 28 heavy (non-hydrogen) atoms. The number of nitrogens with zero attached hydrogens (tertiary/aromatic N) is 2. The summed E-state index contributed by atoms with van der Waals surface area (Å²) in [6, 6.07) is 19.9. The summed E-state index contributed by atoms with van der Waals surface area (Å²) in [6.07, 6.45) is 3.96. The van der Waals surface area contributed by atoms with Crippen molar-refractivity contribution in [3.63, 3.8) is 0 Å². The lowest BCUT2D eigenvalue weighted by Crippen LogP contribution is -2.12. The Morgan fingerprint density at radius 3 is 2.79 bits per heavy atom. The summed E-state index contributed by atoms with van der Waals surface area (Å²) in [5.41, 5.74) is 10.2. The first-order valence-corrected chi connectivity index (χ1v) is 9.89. The van der Waals surface area contributed by atoms with Crippen LogP contribution in [0.15, 0.2) is 78.4 Å². The predicted molar refractivity (Wildman–Crippen MR) is 116 cm³/mol. The van der Waals surface area contributed by atoms with Crippen molar-refractivity contribution < 1.29 is 4.79 Å². The molecule has 5 rings (SSSR count). The molecule has 136 valence electrons. The summed E-state index contributed by atoms with van der Waals surface area (Å²) in [7, 11) is 0. The Balaban J connectivity index is 1.54. The van der Waals surface area contributed by atoms with E-state index < -0.39 is 0 Å². The molecular formula is C23H17N3OS. The van der Waals surface area contributed by atoms with E-state index >= 15 is 0 Å². The first-order valence-electron chi connectivity index (χ1n) is 9.01. The van der Waals surface area contributed by atoms with E-state index in [1.54, 1.807) is 22.1 Å². The van der Waals surface area contributed by atoms with Crippen molar-refractivity contribution in [3.05, 3.63) is 84.0 Å². The highest BCUT2D eigenvalue weighted by Crippen LogP contribution is 2.37. The molecule has 0 atom stereocenters. The van der Waals surface area contributed by atoms with Gasteiger partial charge in [-0.25, -0.2) is 4.98 Å². The summed E-state index contributed by atoms with van der Waals surface area (Å²) < 4.78 is 2.85. The summed E-state index contributed by atoms with van der Waals surface area (Å²) >= 11 is 1.66. The molecule has 0 fully saturated rings. The smallest absolute Gasteiger partial charge is 0.235 e. The van der Waals surface area contributed by atoms with Crippen molar-refractivity contribution in [2.45, 2.75) is 6.42 Å². The van der Waals surface area contributed by atoms with Gasteiger partial charge in [-0.05, 0) is 40.8 Å². The average molecular weight is 383 g/mol. The SMILES string of the molecule is Nc1nccc2scc(-c3ccc4c(ccn4C(=O)Cc4ccccc4)c3)c12. The van der Waals surface area contributed by atoms with Gasteiger partial charge < -0.3 is 5.73 Å². The Hall–Kier alpha value is -3.44. The van der Waals surface area contributed by atoms with Gasteiger partial charge in [-0.1, -0.05) is 36.4 Å². The highest BCUT2D eigenvalue weighted by atomic mass is 32.1. The van der Waals surface area contributed by atoms with Gasteiger partial charge in [0.15, 0.2) is 0 Å². The van der Waals surface area contributed by atoms with Crippen LogP contribution in [0.1, 0.15) is 10.4 Å². The molecule has 0 aliphatic carbocycles. The van der Waals surface area contributed by atoms with Crippen LogP contribution in [0.4, 0.5) is 5.82 Å². The minimum Gasteiger partial charge on any atom is -0.383 e. The van der Waals surface area contributed by atoms with Crippen LogP contribution in [-0.2, 0) is 6.42 Å². The molecule has 0 unspecified atom stereocenters. The van der Waals surface area contributed by atoms with Gasteiger partial charge in [-0.3, -0.25) is 9.36 Å². The Labute approximate surface area is 165 Å². The number of hydrogen-bond donors (Lipinski definition) is 1. The molecule has 4 nitrogen and oxygen atoms in total. The molecule has 3 heterocycles. The molecule has 0 spiro atoms. The quantitative estimate of drug-likeness (QED) is 0.455. The van der Waals surface area contributed by atoms with Crippen molar-refractivity contribution in [1.29, 1.82) is 0 Å². The maximum atomic E-state index is 12.8. The Bertz CT molecular complexity index is 1320. The van der Waals surface area contributed by atoms with Gasteiger partial charge in [0.1, 0.15) is 5.82 Å². The number of rotatable bonds is 3. The second-order valence-corrected chi connectivity index (χ2v) is 7.65. The third-order valence-corrected chi connectivity index (χ3v) is 5.93. The van der Waals surface area contributed by atoms with E-state index in [1.807, 2.05) is 60.8 Å². The number of fused-ring (bicyclic) bond motifs is 2. The van der Waals surface area contributed by atoms with Crippen LogP contribution in [0.5, 0.6) is 0 Å². The maximum absolute atomic E-state index is 12.8. The van der Waals surface area contributed by atoms with Gasteiger partial charge in [0.25, 0.3) is 0 Å². The number of aromatic nitrogens is 2. The van der Waals surface area contributed by atoms with E-state index in [4.69, 9.17) is 5.73 Å². The molecule has 0 amide bonds. The van der Waals surface area contributed by atoms with Gasteiger partial charge in [-0.15, -0.1) is 11.3 Å². The third kappa shape index (κ3) is 2.77. The predicted octanol–water partition coefficient (Wildman–Crippen LogP) is 5.38. The van der Waals surface area contributed by atoms with Crippen LogP contribution in [0.25, 0.3) is 32.1 Å². The second-order valence-electron chi connectivity index (χ2n) is 6.73. The number of hydrogen-bond acceptors (Lipinski definition) is 4. The number of carbonyl (C=O) groups excluding carboxylic acids is 1. The summed E-state index contributed by atoms with van der Waals surface area (Å²) in [4.78, 5) is 17.0. The minimum absolute atomic E-state index is 0.0587. The van der Waals surface area contributed by atoms with Crippen LogP contribution in [0.2, 0.25) is 0 Å². The van der Waals surface area contributed by atoms with Gasteiger partial charge in [0.05, 0.1) is 11.9 Å². The Morgan fingerprint density at radius 1 is 1.07 bits per heavy atom. The molecular weight excluding hydrogens is 366 g/mol. The lowest BCUT2D eigenvalue weighted by Gasteiger charge is -2.06. The number of benzene rings is 2. The van der Waals surface area contributed by atoms with E-state index in [0.29, 0.717) is 12.2 Å². The number of thiophene rings is 1. The van der Waals surface area contributed by atoms with Crippen molar-refractivity contribution in [2.24, 2.45) is 0 Å². The molecule has 0 radical (unpaired) electrons. The number of nitrogens with two attached hydrogens (primary N) is 1. The molecule has 5 heteroatoms. The molecule has 2 aromatic carbocycles. The van der Waals surface area contributed by atoms with Crippen LogP contribution in [0.3, 0.4) is 0 Å². The number of anilines is 1. The van der Waals surface area contributed by atoms with Gasteiger partial charge in [-0.2, -0.15) is 0 Å². The van der Waals surface area contributed by atoms with Crippen LogP contribution >= 0.6 is 11.3 Å². The maximum Gasteiger partial charge on any atom is 0.235 e. The first-order chi connectivity index (χ1) is 13.7. The van der Waals surface area contributed by atoms with Crippen molar-refractivity contribution in [1.82, 2.24) is 9.55 Å². The summed E-state index contributed by atoms with van der Waals surface area (Å²) in [5, 5.41) is 4.13. The zero-order valence-electron chi connectivity index (χ0n) is 15.0. The topological polar surface area (TPSA) is 60.9 Å². The largest absolute Gasteiger partial charge is 0.383 e. The Morgan fingerprint density at radius 2 is 1.93 bits per heavy atom. The van der Waals surface area contributed by atoms with E-state index in [9.17, 15) is 4.79 Å². The lowest BCUT2D eigenvalue weighted by atomic mass is 10.0. The van der Waals surface area contributed by atoms with E-state index in [0.717, 1.165) is 37.7 Å². The Kier molecular flexibility index (Phi) is 3.95. The van der Waals surface area contributed by atoms with Crippen LogP contribution < -0.4 is 5.73 Å². The van der Waals surface area contributed by atoms with Crippen LogP contribution in [-0.4, -0.2) is 15.5 Å². The van der Waals surface area contributed by atoms with Gasteiger partial charge in [0, 0.05) is 33.4 Å². The molecule has 2 N–H and O–H groups in total. The minimum atomic E-state index is 0.0587. The van der Waals surface area contributed by atoms with E-state index in [2.05, 4.69) is 16.4 Å². The highest BCUT2D eigenvalue weighted by Gasteiger charge is 2.13. The number of nitrogen functional groups attached to an aromatic ring is 1. The molecule has 3 aromatic heterocycles. The van der Waals surface area contributed by atoms with Gasteiger partial charge >= 0.3 is 0 Å². The standard InChI is InChI=1S/C23H17N3OS/c24-23-22-18(14-28-20(22)8-10-25-23)16-6-7-19-17(13-16)9-11-26(19)21(27)12-15-4-2-1-3-5-15/h1-11,13-14H,12H2,(H2,24,25). The second kappa shape index (κ2) is 6.62. The van der Waals surface area contributed by atoms with Crippen molar-refractivity contribution >= 4 is 44.1 Å². The van der Waals surface area contributed by atoms with Gasteiger partial charge in [0.2, 0.25) is 5.91 Å². The van der Waals surface area contributed by atoms with Crippen LogP contribution in [0, 0.1) is 0 Å². The fourth-order valence-electron chi connectivity index (χ4n) is 3.61. The third-order valence-electron chi connectivity index (χ3n) is 4.98. The normalized spacial score (nSPS) is 11.3. The molecule has 0 bridgehead atoms. The first kappa shape index (κ1) is 16.7. The zero-order valence-corrected chi connectivity index (χ0v) is 15.8. The zero-order chi connectivity index (χ0) is 19.1. The van der Waals surface area contributed by atoms with E-state index in [-0.39, 0.29) is 5.91 Å². The fraction of sp³-hybridized carbons (Fsp3) is 0.0435. The molecule has 0 saturated heterocycles. The molecule has 0 saturated carbocycles. The number of pyridine rings is 1. The highest BCUT2D eigenvalue weighted by molar-refractivity contribution is 7.17.